The van der Waals surface area contributed by atoms with Gasteiger partial charge in [-0.25, -0.2) is 4.79 Å². The molecule has 2 aromatic carbocycles. The van der Waals surface area contributed by atoms with Gasteiger partial charge in [0.2, 0.25) is 24.4 Å². The Morgan fingerprint density at radius 2 is 1.77 bits per heavy atom. The molecule has 1 fully saturated rings. The highest BCUT2D eigenvalue weighted by atomic mass is 16.7. The lowest BCUT2D eigenvalue weighted by atomic mass is 9.85. The number of fused-ring (bicyclic) bond motifs is 1. The maximum Gasteiger partial charge on any atom is 0.408 e. The summed E-state index contributed by atoms with van der Waals surface area (Å²) in [5.74, 6) is -1.32. The van der Waals surface area contributed by atoms with Crippen molar-refractivity contribution in [3.8, 4) is 11.5 Å². The van der Waals surface area contributed by atoms with E-state index in [1.807, 2.05) is 43.3 Å². The number of rotatable bonds is 11. The van der Waals surface area contributed by atoms with Crippen molar-refractivity contribution in [2.24, 2.45) is 10.6 Å². The molecule has 0 bridgehead atoms. The number of carbonyl (C=O) groups is 5. The predicted molar refractivity (Wildman–Crippen MR) is 173 cm³/mol. The van der Waals surface area contributed by atoms with Gasteiger partial charge in [-0.2, -0.15) is 0 Å². The Morgan fingerprint density at radius 1 is 1.04 bits per heavy atom. The molecule has 3 aliphatic rings. The first-order chi connectivity index (χ1) is 22.8. The number of alkyl carbamates (subject to hydrolysis) is 1. The number of benzene rings is 2. The average molecular weight is 663 g/mol. The SMILES string of the molecule is CCC[C@H](NC(=O)[C@@H]1C[C@]2(CC(c3ccc4c(c3)OCO4)=NO2)CN1C(=O)[C@@H](NC(=O)OCc1ccccc1)C(C)(C)C)C(=O)C(C)=O. The maximum absolute atomic E-state index is 14.4. The van der Waals surface area contributed by atoms with Crippen LogP contribution in [0.1, 0.15) is 71.4 Å². The van der Waals surface area contributed by atoms with Crippen molar-refractivity contribution < 1.29 is 43.0 Å². The lowest BCUT2D eigenvalue weighted by Crippen LogP contribution is -2.59. The van der Waals surface area contributed by atoms with Crippen molar-refractivity contribution in [2.75, 3.05) is 13.3 Å². The molecule has 2 N–H and O–H groups in total. The molecule has 4 atom stereocenters. The first-order valence-electron chi connectivity index (χ1n) is 16.1. The minimum atomic E-state index is -1.09. The Labute approximate surface area is 279 Å². The Bertz CT molecular complexity index is 1600. The molecular weight excluding hydrogens is 620 g/mol. The first kappa shape index (κ1) is 34.4. The van der Waals surface area contributed by atoms with Crippen LogP contribution < -0.4 is 20.1 Å². The molecule has 0 saturated carbocycles. The van der Waals surface area contributed by atoms with E-state index in [0.29, 0.717) is 23.6 Å². The van der Waals surface area contributed by atoms with Gasteiger partial charge in [-0.1, -0.05) is 69.6 Å². The highest BCUT2D eigenvalue weighted by Gasteiger charge is 2.55. The second-order valence-corrected chi connectivity index (χ2v) is 13.5. The number of amides is 3. The molecule has 1 saturated heterocycles. The first-order valence-corrected chi connectivity index (χ1v) is 16.1. The van der Waals surface area contributed by atoms with E-state index in [4.69, 9.17) is 19.0 Å². The van der Waals surface area contributed by atoms with Crippen molar-refractivity contribution >= 4 is 35.2 Å². The molecule has 0 unspecified atom stereocenters. The zero-order chi connectivity index (χ0) is 34.6. The van der Waals surface area contributed by atoms with Gasteiger partial charge < -0.3 is 34.6 Å². The number of Topliss-reactive ketones (excluding diaryl/α,β-unsaturated/α-hetero) is 2. The number of carbonyl (C=O) groups excluding carboxylic acids is 5. The second kappa shape index (κ2) is 14.0. The van der Waals surface area contributed by atoms with E-state index in [1.54, 1.807) is 32.9 Å². The van der Waals surface area contributed by atoms with Gasteiger partial charge in [-0.05, 0) is 35.6 Å². The third-order valence-corrected chi connectivity index (χ3v) is 8.68. The molecule has 13 nitrogen and oxygen atoms in total. The van der Waals surface area contributed by atoms with E-state index in [-0.39, 0.29) is 39.2 Å². The zero-order valence-electron chi connectivity index (χ0n) is 27.9. The normalized spacial score (nSPS) is 20.8. The van der Waals surface area contributed by atoms with Gasteiger partial charge in [-0.3, -0.25) is 19.2 Å². The van der Waals surface area contributed by atoms with Crippen LogP contribution in [-0.2, 0) is 35.4 Å². The second-order valence-electron chi connectivity index (χ2n) is 13.5. The third-order valence-electron chi connectivity index (χ3n) is 8.68. The topological polar surface area (TPSA) is 162 Å². The van der Waals surface area contributed by atoms with Gasteiger partial charge in [0, 0.05) is 25.3 Å². The summed E-state index contributed by atoms with van der Waals surface area (Å²) >= 11 is 0. The minimum Gasteiger partial charge on any atom is -0.454 e. The molecule has 48 heavy (non-hydrogen) atoms. The fourth-order valence-corrected chi connectivity index (χ4v) is 6.13. The molecule has 0 aromatic heterocycles. The fourth-order valence-electron chi connectivity index (χ4n) is 6.13. The van der Waals surface area contributed by atoms with Crippen molar-refractivity contribution in [3.05, 3.63) is 59.7 Å². The van der Waals surface area contributed by atoms with Crippen LogP contribution in [0.25, 0.3) is 0 Å². The Balaban J connectivity index is 1.39. The van der Waals surface area contributed by atoms with Crippen LogP contribution in [-0.4, -0.2) is 77.1 Å². The maximum atomic E-state index is 14.4. The van der Waals surface area contributed by atoms with E-state index in [2.05, 4.69) is 15.8 Å². The van der Waals surface area contributed by atoms with Gasteiger partial charge in [0.15, 0.2) is 22.9 Å². The fraction of sp³-hybridized carbons (Fsp3) is 0.486. The summed E-state index contributed by atoms with van der Waals surface area (Å²) in [5.41, 5.74) is 0.270. The van der Waals surface area contributed by atoms with Crippen LogP contribution in [0.3, 0.4) is 0 Å². The monoisotopic (exact) mass is 662 g/mol. The molecule has 1 spiro atoms. The van der Waals surface area contributed by atoms with Crippen LogP contribution in [0, 0.1) is 5.41 Å². The molecule has 2 aromatic rings. The van der Waals surface area contributed by atoms with E-state index in [0.717, 1.165) is 18.1 Å². The van der Waals surface area contributed by atoms with Crippen LogP contribution in [0.4, 0.5) is 4.79 Å². The molecule has 13 heteroatoms. The number of hydrogen-bond donors (Lipinski definition) is 2. The van der Waals surface area contributed by atoms with E-state index < -0.39 is 58.6 Å². The van der Waals surface area contributed by atoms with Gasteiger partial charge in [0.05, 0.1) is 18.3 Å². The molecule has 0 aliphatic carbocycles. The van der Waals surface area contributed by atoms with Crippen LogP contribution >= 0.6 is 0 Å². The van der Waals surface area contributed by atoms with Gasteiger partial charge in [0.25, 0.3) is 0 Å². The lowest BCUT2D eigenvalue weighted by molar-refractivity contribution is -0.143. The van der Waals surface area contributed by atoms with Crippen molar-refractivity contribution in [3.63, 3.8) is 0 Å². The molecule has 3 heterocycles. The standard InChI is InChI=1S/C35H42N4O9/c1-6-10-24(29(41)21(2)40)36-31(42)26-17-35(16-25(38-48-35)23-13-14-27-28(15-23)47-20-46-27)19-39(26)32(43)30(34(3,4)5)37-33(44)45-18-22-11-8-7-9-12-22/h7-9,11-15,24,26,30H,6,10,16-20H2,1-5H3,(H,36,42)(H,37,44)/t24-,26-,30+,35+/m0/s1. The highest BCUT2D eigenvalue weighted by molar-refractivity contribution is 6.38. The van der Waals surface area contributed by atoms with Crippen LogP contribution in [0.5, 0.6) is 11.5 Å². The zero-order valence-corrected chi connectivity index (χ0v) is 27.9. The lowest BCUT2D eigenvalue weighted by Gasteiger charge is -2.35. The Hall–Kier alpha value is -4.94. The number of nitrogens with zero attached hydrogens (tertiary/aromatic N) is 2. The summed E-state index contributed by atoms with van der Waals surface area (Å²) in [4.78, 5) is 73.4. The average Bonchev–Trinajstić information content (AvgIpc) is 3.80. The predicted octanol–water partition coefficient (Wildman–Crippen LogP) is 3.66. The smallest absolute Gasteiger partial charge is 0.408 e. The number of ether oxygens (including phenoxy) is 3. The summed E-state index contributed by atoms with van der Waals surface area (Å²) in [7, 11) is 0. The summed E-state index contributed by atoms with van der Waals surface area (Å²) in [6.07, 6.45) is 0.339. The molecule has 0 radical (unpaired) electrons. The minimum absolute atomic E-state index is 0.00634. The number of hydrogen-bond acceptors (Lipinski definition) is 10. The molecule has 256 valence electrons. The number of nitrogens with one attached hydrogen (secondary N) is 2. The van der Waals surface area contributed by atoms with Crippen LogP contribution in [0.2, 0.25) is 0 Å². The van der Waals surface area contributed by atoms with E-state index in [9.17, 15) is 24.0 Å². The van der Waals surface area contributed by atoms with Gasteiger partial charge >= 0.3 is 6.09 Å². The quantitative estimate of drug-likeness (QED) is 0.342. The molecule has 3 amide bonds. The van der Waals surface area contributed by atoms with Crippen molar-refractivity contribution in [1.82, 2.24) is 15.5 Å². The molecule has 3 aliphatic heterocycles. The van der Waals surface area contributed by atoms with E-state index >= 15 is 0 Å². The molecule has 5 rings (SSSR count). The number of ketones is 2. The van der Waals surface area contributed by atoms with Crippen molar-refractivity contribution in [1.29, 1.82) is 0 Å². The summed E-state index contributed by atoms with van der Waals surface area (Å²) < 4.78 is 16.4. The summed E-state index contributed by atoms with van der Waals surface area (Å²) in [6.45, 7) is 8.49. The number of oxime groups is 1. The highest BCUT2D eigenvalue weighted by Crippen LogP contribution is 2.41. The summed E-state index contributed by atoms with van der Waals surface area (Å²) in [6, 6.07) is 11.3. The van der Waals surface area contributed by atoms with Gasteiger partial charge in [0.1, 0.15) is 18.7 Å². The third kappa shape index (κ3) is 7.61. The van der Waals surface area contributed by atoms with Crippen molar-refractivity contribution in [2.45, 2.75) is 90.6 Å². The van der Waals surface area contributed by atoms with Gasteiger partial charge in [-0.15, -0.1) is 0 Å². The Morgan fingerprint density at radius 3 is 2.46 bits per heavy atom. The van der Waals surface area contributed by atoms with Crippen LogP contribution in [0.15, 0.2) is 53.7 Å². The summed E-state index contributed by atoms with van der Waals surface area (Å²) in [5, 5.41) is 9.79. The van der Waals surface area contributed by atoms with E-state index in [1.165, 1.54) is 4.90 Å². The molecular formula is C35H42N4O9. The number of likely N-dealkylation sites (tertiary alicyclic amines) is 1. The largest absolute Gasteiger partial charge is 0.454 e. The Kier molecular flexibility index (Phi) is 10.1.